The van der Waals surface area contributed by atoms with Gasteiger partial charge in [0.05, 0.1) is 0 Å². The van der Waals surface area contributed by atoms with E-state index in [0.717, 1.165) is 11.3 Å². The number of hydrogen-bond acceptors (Lipinski definition) is 3. The van der Waals surface area contributed by atoms with E-state index in [1.54, 1.807) is 0 Å². The summed E-state index contributed by atoms with van der Waals surface area (Å²) in [6, 6.07) is 16.1. The molecule has 0 atom stereocenters. The van der Waals surface area contributed by atoms with Crippen molar-refractivity contribution < 1.29 is 15.7 Å². The van der Waals surface area contributed by atoms with E-state index in [-0.39, 0.29) is 16.4 Å². The van der Waals surface area contributed by atoms with Crippen molar-refractivity contribution in [3.05, 3.63) is 59.7 Å². The van der Waals surface area contributed by atoms with E-state index in [0.29, 0.717) is 12.1 Å². The molecule has 2 aromatic carbocycles. The maximum absolute atomic E-state index is 6.06. The van der Waals surface area contributed by atoms with E-state index in [9.17, 15) is 0 Å². The van der Waals surface area contributed by atoms with Crippen molar-refractivity contribution in [3.8, 4) is 5.75 Å². The Morgan fingerprint density at radius 3 is 2.10 bits per heavy atom. The first-order valence-corrected chi connectivity index (χ1v) is 6.53. The van der Waals surface area contributed by atoms with Crippen LogP contribution in [0.3, 0.4) is 0 Å². The van der Waals surface area contributed by atoms with Crippen LogP contribution in [-0.2, 0) is 12.0 Å². The van der Waals surface area contributed by atoms with E-state index in [1.165, 1.54) is 5.56 Å². The van der Waals surface area contributed by atoms with Crippen LogP contribution in [0.15, 0.2) is 48.5 Å². The standard InChI is InChI=1S/C17H19BO.2H2O/c1-17(2,3)14-9-10-16(15(18)11-14)19-12-13-7-5-4-6-8-13;;/h4-11H,12H2,1-3H3;2*1H2/q+2;;/p-2. The van der Waals surface area contributed by atoms with Gasteiger partial charge >= 0.3 is 116 Å². The molecule has 0 saturated carbocycles. The first-order chi connectivity index (χ1) is 8.97. The molecule has 0 aromatic heterocycles. The van der Waals surface area contributed by atoms with Crippen molar-refractivity contribution in [3.63, 3.8) is 0 Å². The van der Waals surface area contributed by atoms with Gasteiger partial charge in [0.1, 0.15) is 0 Å². The van der Waals surface area contributed by atoms with Gasteiger partial charge in [-0.1, -0.05) is 0 Å². The van der Waals surface area contributed by atoms with Gasteiger partial charge < -0.3 is 11.0 Å². The second-order valence-electron chi connectivity index (χ2n) is 5.78. The fourth-order valence-electron chi connectivity index (χ4n) is 1.88. The first-order valence-electron chi connectivity index (χ1n) is 6.53. The van der Waals surface area contributed by atoms with Crippen LogP contribution < -0.4 is 10.2 Å². The largest absolute Gasteiger partial charge is 0.870 e. The van der Waals surface area contributed by atoms with Crippen LogP contribution in [0.25, 0.3) is 0 Å². The minimum Gasteiger partial charge on any atom is -0.870 e. The van der Waals surface area contributed by atoms with E-state index in [4.69, 9.17) is 12.6 Å². The monoisotopic (exact) mass is 284 g/mol. The molecule has 0 aliphatic carbocycles. The summed E-state index contributed by atoms with van der Waals surface area (Å²) in [4.78, 5) is 0. The molecule has 0 heterocycles. The van der Waals surface area contributed by atoms with Crippen LogP contribution in [0.1, 0.15) is 31.9 Å². The normalized spacial score (nSPS) is 10.3. The molecule has 3 nitrogen and oxygen atoms in total. The molecular formula is C17H21BO3. The Balaban J connectivity index is 0.00000200. The molecule has 0 bridgehead atoms. The molecule has 0 saturated heterocycles. The van der Waals surface area contributed by atoms with Gasteiger partial charge in [0, 0.05) is 0 Å². The number of hydrogen-bond donors (Lipinski definition) is 0. The summed E-state index contributed by atoms with van der Waals surface area (Å²) < 4.78 is 5.77. The van der Waals surface area contributed by atoms with Gasteiger partial charge in [0.2, 0.25) is 0 Å². The summed E-state index contributed by atoms with van der Waals surface area (Å²) in [5.41, 5.74) is 3.16. The van der Waals surface area contributed by atoms with Crippen LogP contribution >= 0.6 is 0 Å². The van der Waals surface area contributed by atoms with E-state index in [2.05, 4.69) is 26.8 Å². The third-order valence-electron chi connectivity index (χ3n) is 3.11. The van der Waals surface area contributed by atoms with Gasteiger partial charge in [-0.2, -0.15) is 0 Å². The van der Waals surface area contributed by atoms with Crippen molar-refractivity contribution in [2.45, 2.75) is 32.8 Å². The molecule has 4 heteroatoms. The predicted octanol–water partition coefficient (Wildman–Crippen LogP) is 3.00. The SMILES string of the molecule is [B+2]c1cc(C(C)(C)C)ccc1OCc1ccccc1.[OH-].[OH-]. The van der Waals surface area contributed by atoms with Crippen LogP contribution in [0, 0.1) is 0 Å². The Morgan fingerprint density at radius 1 is 0.952 bits per heavy atom. The third kappa shape index (κ3) is 5.25. The number of ether oxygens (including phenoxy) is 1. The molecule has 0 amide bonds. The van der Waals surface area contributed by atoms with E-state index < -0.39 is 0 Å². The van der Waals surface area contributed by atoms with Crippen LogP contribution in [0.2, 0.25) is 0 Å². The van der Waals surface area contributed by atoms with E-state index in [1.807, 2.05) is 42.5 Å². The molecule has 0 spiro atoms. The van der Waals surface area contributed by atoms with Gasteiger partial charge in [-0.15, -0.1) is 0 Å². The predicted molar refractivity (Wildman–Crippen MR) is 85.2 cm³/mol. The molecule has 0 aliphatic heterocycles. The Bertz CT molecular complexity index is 548. The Morgan fingerprint density at radius 2 is 1.57 bits per heavy atom. The molecule has 0 radical (unpaired) electrons. The van der Waals surface area contributed by atoms with Gasteiger partial charge in [0.25, 0.3) is 0 Å². The van der Waals surface area contributed by atoms with Gasteiger partial charge in [0.15, 0.2) is 0 Å². The van der Waals surface area contributed by atoms with Gasteiger partial charge in [-0.25, -0.2) is 0 Å². The maximum Gasteiger partial charge on any atom is -0.870 e. The van der Waals surface area contributed by atoms with Crippen molar-refractivity contribution in [1.82, 2.24) is 0 Å². The molecule has 0 aliphatic rings. The third-order valence-corrected chi connectivity index (χ3v) is 3.11. The smallest absolute Gasteiger partial charge is 0.870 e. The average molecular weight is 284 g/mol. The van der Waals surface area contributed by atoms with Gasteiger partial charge in [-0.3, -0.25) is 0 Å². The zero-order valence-electron chi connectivity index (χ0n) is 12.7. The molecule has 0 unspecified atom stereocenters. The molecule has 2 aromatic rings. The zero-order chi connectivity index (χ0) is 13.9. The van der Waals surface area contributed by atoms with Crippen LogP contribution in [0.5, 0.6) is 5.75 Å². The summed E-state index contributed by atoms with van der Waals surface area (Å²) >= 11 is 0. The fraction of sp³-hybridized carbons (Fsp3) is 0.294. The van der Waals surface area contributed by atoms with Crippen molar-refractivity contribution in [1.29, 1.82) is 0 Å². The first kappa shape index (κ1) is 19.2. The Kier molecular flexibility index (Phi) is 7.20. The topological polar surface area (TPSA) is 69.2 Å². The van der Waals surface area contributed by atoms with E-state index >= 15 is 0 Å². The van der Waals surface area contributed by atoms with Crippen LogP contribution in [-0.4, -0.2) is 18.8 Å². The minimum absolute atomic E-state index is 0. The van der Waals surface area contributed by atoms with Crippen molar-refractivity contribution in [2.75, 3.05) is 0 Å². The second-order valence-corrected chi connectivity index (χ2v) is 5.78. The summed E-state index contributed by atoms with van der Waals surface area (Å²) in [7, 11) is 6.06. The summed E-state index contributed by atoms with van der Waals surface area (Å²) in [5, 5.41) is 0. The summed E-state index contributed by atoms with van der Waals surface area (Å²) in [6.45, 7) is 7.06. The Labute approximate surface area is 128 Å². The quantitative estimate of drug-likeness (QED) is 0.813. The fourth-order valence-corrected chi connectivity index (χ4v) is 1.88. The van der Waals surface area contributed by atoms with Crippen molar-refractivity contribution in [2.24, 2.45) is 0 Å². The minimum atomic E-state index is 0. The molecular weight excluding hydrogens is 263 g/mol. The summed E-state index contributed by atoms with van der Waals surface area (Å²) in [6.07, 6.45) is 0. The second kappa shape index (κ2) is 7.86. The molecule has 2 N–H and O–H groups in total. The number of benzene rings is 2. The number of rotatable bonds is 3. The average Bonchev–Trinajstić information content (AvgIpc) is 2.37. The summed E-state index contributed by atoms with van der Waals surface area (Å²) in [5.74, 6) is 0.747. The van der Waals surface area contributed by atoms with Crippen molar-refractivity contribution >= 4 is 13.3 Å². The molecule has 2 rings (SSSR count). The Hall–Kier alpha value is -1.78. The molecule has 110 valence electrons. The molecule has 0 fully saturated rings. The van der Waals surface area contributed by atoms with Crippen LogP contribution in [0.4, 0.5) is 0 Å². The molecule has 21 heavy (non-hydrogen) atoms. The maximum atomic E-state index is 6.06. The zero-order valence-corrected chi connectivity index (χ0v) is 12.7. The van der Waals surface area contributed by atoms with Gasteiger partial charge in [-0.05, 0) is 0 Å².